The first-order chi connectivity index (χ1) is 7.30. The molecule has 0 aliphatic heterocycles. The maximum absolute atomic E-state index is 12.3. The van der Waals surface area contributed by atoms with E-state index in [-0.39, 0.29) is 5.56 Å². The van der Waals surface area contributed by atoms with E-state index in [1.165, 1.54) is 6.07 Å². The number of rotatable bonds is 3. The molecule has 1 rings (SSSR count). The van der Waals surface area contributed by atoms with Gasteiger partial charge in [0, 0.05) is 5.56 Å². The van der Waals surface area contributed by atoms with Gasteiger partial charge in [-0.25, -0.2) is 0 Å². The highest BCUT2D eigenvalue weighted by Gasteiger charge is 2.30. The minimum atomic E-state index is -4.51. The van der Waals surface area contributed by atoms with Crippen LogP contribution in [0.3, 0.4) is 0 Å². The molecule has 0 unspecified atom stereocenters. The topological polar surface area (TPSA) is 60.2 Å². The molecular weight excluding hydrogens is 223 g/mol. The average molecular weight is 231 g/mol. The van der Waals surface area contributed by atoms with E-state index >= 15 is 0 Å². The zero-order valence-corrected chi connectivity index (χ0v) is 8.04. The number of amides is 1. The molecule has 0 aromatic heterocycles. The molecule has 3 nitrogen and oxygen atoms in total. The summed E-state index contributed by atoms with van der Waals surface area (Å²) in [7, 11) is 0. The number of carbonyl (C=O) groups is 2. The summed E-state index contributed by atoms with van der Waals surface area (Å²) in [4.78, 5) is 21.7. The standard InChI is InChI=1S/C10H8F3NO2/c11-10(12,13)7-3-1-2-6(4-7)8(15)5-9(14)16/h1-4H,5H2,(H2,14,16). The van der Waals surface area contributed by atoms with Crippen molar-refractivity contribution in [1.82, 2.24) is 0 Å². The van der Waals surface area contributed by atoms with Crippen molar-refractivity contribution in [2.24, 2.45) is 5.73 Å². The third-order valence-electron chi connectivity index (χ3n) is 1.85. The molecule has 0 saturated carbocycles. The molecular formula is C10H8F3NO2. The van der Waals surface area contributed by atoms with Gasteiger partial charge in [0.15, 0.2) is 5.78 Å². The van der Waals surface area contributed by atoms with E-state index in [0.29, 0.717) is 6.07 Å². The maximum atomic E-state index is 12.3. The number of halogens is 3. The maximum Gasteiger partial charge on any atom is 0.416 e. The van der Waals surface area contributed by atoms with Crippen LogP contribution in [-0.4, -0.2) is 11.7 Å². The van der Waals surface area contributed by atoms with Crippen LogP contribution in [0.15, 0.2) is 24.3 Å². The van der Waals surface area contributed by atoms with Crippen LogP contribution in [0.1, 0.15) is 22.3 Å². The van der Waals surface area contributed by atoms with Gasteiger partial charge in [-0.2, -0.15) is 13.2 Å². The van der Waals surface area contributed by atoms with E-state index < -0.39 is 29.9 Å². The monoisotopic (exact) mass is 231 g/mol. The van der Waals surface area contributed by atoms with Crippen LogP contribution in [-0.2, 0) is 11.0 Å². The lowest BCUT2D eigenvalue weighted by atomic mass is 10.0. The van der Waals surface area contributed by atoms with E-state index in [0.717, 1.165) is 12.1 Å². The van der Waals surface area contributed by atoms with E-state index in [1.54, 1.807) is 0 Å². The van der Waals surface area contributed by atoms with Gasteiger partial charge in [-0.15, -0.1) is 0 Å². The Kier molecular flexibility index (Phi) is 3.31. The molecule has 0 aliphatic rings. The number of hydrogen-bond donors (Lipinski definition) is 1. The first kappa shape index (κ1) is 12.2. The van der Waals surface area contributed by atoms with Crippen LogP contribution in [0.2, 0.25) is 0 Å². The number of alkyl halides is 3. The molecule has 0 fully saturated rings. The Labute approximate surface area is 89.1 Å². The molecule has 86 valence electrons. The fourth-order valence-electron chi connectivity index (χ4n) is 1.13. The molecule has 6 heteroatoms. The first-order valence-corrected chi connectivity index (χ1v) is 4.29. The summed E-state index contributed by atoms with van der Waals surface area (Å²) in [6.45, 7) is 0. The van der Waals surface area contributed by atoms with E-state index in [2.05, 4.69) is 0 Å². The van der Waals surface area contributed by atoms with Crippen molar-refractivity contribution in [1.29, 1.82) is 0 Å². The molecule has 1 aromatic carbocycles. The van der Waals surface area contributed by atoms with Gasteiger partial charge in [-0.1, -0.05) is 12.1 Å². The van der Waals surface area contributed by atoms with Crippen LogP contribution < -0.4 is 5.73 Å². The van der Waals surface area contributed by atoms with Crippen molar-refractivity contribution in [3.05, 3.63) is 35.4 Å². The summed E-state index contributed by atoms with van der Waals surface area (Å²) < 4.78 is 36.9. The summed E-state index contributed by atoms with van der Waals surface area (Å²) >= 11 is 0. The van der Waals surface area contributed by atoms with Crippen molar-refractivity contribution in [3.63, 3.8) is 0 Å². The van der Waals surface area contributed by atoms with E-state index in [4.69, 9.17) is 5.73 Å². The molecule has 0 bridgehead atoms. The van der Waals surface area contributed by atoms with Crippen molar-refractivity contribution < 1.29 is 22.8 Å². The van der Waals surface area contributed by atoms with Crippen molar-refractivity contribution >= 4 is 11.7 Å². The van der Waals surface area contributed by atoms with Gasteiger partial charge in [0.1, 0.15) is 0 Å². The lowest BCUT2D eigenvalue weighted by Gasteiger charge is -2.07. The molecule has 0 radical (unpaired) electrons. The second-order valence-electron chi connectivity index (χ2n) is 3.14. The smallest absolute Gasteiger partial charge is 0.369 e. The summed E-state index contributed by atoms with van der Waals surface area (Å²) in [5.41, 5.74) is 3.67. The number of hydrogen-bond acceptors (Lipinski definition) is 2. The minimum absolute atomic E-state index is 0.173. The second kappa shape index (κ2) is 4.34. The number of carbonyl (C=O) groups excluding carboxylic acids is 2. The average Bonchev–Trinajstić information content (AvgIpc) is 2.15. The quantitative estimate of drug-likeness (QED) is 0.636. The fourth-order valence-corrected chi connectivity index (χ4v) is 1.13. The molecule has 2 N–H and O–H groups in total. The van der Waals surface area contributed by atoms with Gasteiger partial charge in [-0.05, 0) is 12.1 Å². The van der Waals surface area contributed by atoms with E-state index in [9.17, 15) is 22.8 Å². The fraction of sp³-hybridized carbons (Fsp3) is 0.200. The summed E-state index contributed by atoms with van der Waals surface area (Å²) in [6, 6.07) is 3.86. The largest absolute Gasteiger partial charge is 0.416 e. The first-order valence-electron chi connectivity index (χ1n) is 4.29. The third-order valence-corrected chi connectivity index (χ3v) is 1.85. The molecule has 0 heterocycles. The third kappa shape index (κ3) is 3.08. The lowest BCUT2D eigenvalue weighted by molar-refractivity contribution is -0.137. The normalized spacial score (nSPS) is 11.2. The SMILES string of the molecule is NC(=O)CC(=O)c1cccc(C(F)(F)F)c1. The predicted octanol–water partition coefficient (Wildman–Crippen LogP) is 1.76. The van der Waals surface area contributed by atoms with Gasteiger partial charge >= 0.3 is 6.18 Å². The van der Waals surface area contributed by atoms with Gasteiger partial charge < -0.3 is 5.73 Å². The summed E-state index contributed by atoms with van der Waals surface area (Å²) in [5.74, 6) is -1.60. The van der Waals surface area contributed by atoms with Crippen LogP contribution in [0.5, 0.6) is 0 Å². The molecule has 0 saturated heterocycles. The molecule has 16 heavy (non-hydrogen) atoms. The number of ketones is 1. The number of nitrogens with two attached hydrogens (primary N) is 1. The van der Waals surface area contributed by atoms with Crippen LogP contribution in [0, 0.1) is 0 Å². The highest BCUT2D eigenvalue weighted by molar-refractivity contribution is 6.06. The number of benzene rings is 1. The Morgan fingerprint density at radius 3 is 2.38 bits per heavy atom. The number of Topliss-reactive ketones (excluding diaryl/α,β-unsaturated/α-hetero) is 1. The van der Waals surface area contributed by atoms with Crippen molar-refractivity contribution in [2.75, 3.05) is 0 Å². The van der Waals surface area contributed by atoms with E-state index in [1.807, 2.05) is 0 Å². The second-order valence-corrected chi connectivity index (χ2v) is 3.14. The Morgan fingerprint density at radius 2 is 1.88 bits per heavy atom. The number of primary amides is 1. The predicted molar refractivity (Wildman–Crippen MR) is 49.6 cm³/mol. The van der Waals surface area contributed by atoms with Gasteiger partial charge in [0.2, 0.25) is 5.91 Å². The highest BCUT2D eigenvalue weighted by atomic mass is 19.4. The van der Waals surface area contributed by atoms with Gasteiger partial charge in [-0.3, -0.25) is 9.59 Å². The molecule has 1 aromatic rings. The molecule has 0 aliphatic carbocycles. The zero-order chi connectivity index (χ0) is 12.3. The highest BCUT2D eigenvalue weighted by Crippen LogP contribution is 2.29. The Hall–Kier alpha value is -1.85. The van der Waals surface area contributed by atoms with Crippen LogP contribution >= 0.6 is 0 Å². The molecule has 1 amide bonds. The van der Waals surface area contributed by atoms with Crippen molar-refractivity contribution in [2.45, 2.75) is 12.6 Å². The van der Waals surface area contributed by atoms with Crippen molar-refractivity contribution in [3.8, 4) is 0 Å². The summed E-state index contributed by atoms with van der Waals surface area (Å²) in [6.07, 6.45) is -5.11. The van der Waals surface area contributed by atoms with Gasteiger partial charge in [0.05, 0.1) is 12.0 Å². The molecule has 0 spiro atoms. The Morgan fingerprint density at radius 1 is 1.25 bits per heavy atom. The minimum Gasteiger partial charge on any atom is -0.369 e. The lowest BCUT2D eigenvalue weighted by Crippen LogP contribution is -2.16. The molecule has 0 atom stereocenters. The Bertz CT molecular complexity index is 426. The summed E-state index contributed by atoms with van der Waals surface area (Å²) in [5, 5.41) is 0. The van der Waals surface area contributed by atoms with Crippen LogP contribution in [0.25, 0.3) is 0 Å². The zero-order valence-electron chi connectivity index (χ0n) is 8.04. The van der Waals surface area contributed by atoms with Gasteiger partial charge in [0.25, 0.3) is 0 Å². The van der Waals surface area contributed by atoms with Crippen LogP contribution in [0.4, 0.5) is 13.2 Å². The Balaban J connectivity index is 2.99.